The molecule has 1 aliphatic heterocycles. The fourth-order valence-electron chi connectivity index (χ4n) is 5.19. The van der Waals surface area contributed by atoms with Crippen molar-refractivity contribution in [3.05, 3.63) is 60.7 Å². The standard InChI is InChI=1S/C27H38O3Si/c1-27(2,3)31(24-12-6-4-7-13-24,25-14-8-5-9-15-25)29-19-17-22-20-23(21-22)30-26-16-10-11-18-28-26/h4-9,12-15,22-23,26H,10-11,16-21H2,1-3H3. The van der Waals surface area contributed by atoms with Crippen molar-refractivity contribution in [1.29, 1.82) is 0 Å². The number of ether oxygens (including phenoxy) is 2. The van der Waals surface area contributed by atoms with Crippen LogP contribution in [0.15, 0.2) is 60.7 Å². The van der Waals surface area contributed by atoms with Gasteiger partial charge in [-0.3, -0.25) is 0 Å². The quantitative estimate of drug-likeness (QED) is 0.525. The number of hydrogen-bond acceptors (Lipinski definition) is 3. The van der Waals surface area contributed by atoms with Crippen LogP contribution in [0, 0.1) is 5.92 Å². The molecule has 0 N–H and O–H groups in total. The Morgan fingerprint density at radius 3 is 2.03 bits per heavy atom. The van der Waals surface area contributed by atoms with Gasteiger partial charge in [0.25, 0.3) is 8.32 Å². The van der Waals surface area contributed by atoms with Crippen LogP contribution in [0.2, 0.25) is 5.04 Å². The Hall–Kier alpha value is -1.46. The first kappa shape index (κ1) is 22.7. The lowest BCUT2D eigenvalue weighted by atomic mass is 9.80. The monoisotopic (exact) mass is 438 g/mol. The third-order valence-electron chi connectivity index (χ3n) is 6.94. The van der Waals surface area contributed by atoms with Crippen molar-refractivity contribution < 1.29 is 13.9 Å². The Kier molecular flexibility index (Phi) is 7.32. The Labute approximate surface area is 189 Å². The van der Waals surface area contributed by atoms with Crippen molar-refractivity contribution >= 4 is 18.7 Å². The van der Waals surface area contributed by atoms with Crippen molar-refractivity contribution in [3.8, 4) is 0 Å². The Morgan fingerprint density at radius 1 is 0.903 bits per heavy atom. The molecule has 0 spiro atoms. The summed E-state index contributed by atoms with van der Waals surface area (Å²) in [7, 11) is -2.41. The predicted octanol–water partition coefficient (Wildman–Crippen LogP) is 5.27. The van der Waals surface area contributed by atoms with Crippen LogP contribution < -0.4 is 10.4 Å². The van der Waals surface area contributed by atoms with E-state index in [0.717, 1.165) is 38.9 Å². The van der Waals surface area contributed by atoms with Gasteiger partial charge in [-0.05, 0) is 59.9 Å². The van der Waals surface area contributed by atoms with E-state index >= 15 is 0 Å². The van der Waals surface area contributed by atoms with Gasteiger partial charge in [0.15, 0.2) is 6.29 Å². The van der Waals surface area contributed by atoms with Gasteiger partial charge in [-0.15, -0.1) is 0 Å². The SMILES string of the molecule is CC(C)(C)[Si](OCCC1CC(OC2CCCCO2)C1)(c1ccccc1)c1ccccc1. The van der Waals surface area contributed by atoms with Gasteiger partial charge in [-0.25, -0.2) is 0 Å². The molecule has 1 saturated carbocycles. The molecule has 1 heterocycles. The molecule has 1 unspecified atom stereocenters. The van der Waals surface area contributed by atoms with Crippen LogP contribution in [0.1, 0.15) is 59.3 Å². The fourth-order valence-corrected chi connectivity index (χ4v) is 9.77. The molecule has 3 nitrogen and oxygen atoms in total. The highest BCUT2D eigenvalue weighted by molar-refractivity contribution is 6.99. The van der Waals surface area contributed by atoms with Gasteiger partial charge in [0.2, 0.25) is 0 Å². The molecule has 0 bridgehead atoms. The van der Waals surface area contributed by atoms with Crippen molar-refractivity contribution in [2.24, 2.45) is 5.92 Å². The number of hydrogen-bond donors (Lipinski definition) is 0. The molecule has 168 valence electrons. The minimum atomic E-state index is -2.41. The van der Waals surface area contributed by atoms with Crippen LogP contribution in [0.5, 0.6) is 0 Å². The van der Waals surface area contributed by atoms with Crippen LogP contribution in [0.4, 0.5) is 0 Å². The van der Waals surface area contributed by atoms with Gasteiger partial charge < -0.3 is 13.9 Å². The highest BCUT2D eigenvalue weighted by Gasteiger charge is 2.50. The average molecular weight is 439 g/mol. The van der Waals surface area contributed by atoms with E-state index in [1.807, 2.05) is 0 Å². The zero-order valence-electron chi connectivity index (χ0n) is 19.4. The summed E-state index contributed by atoms with van der Waals surface area (Å²) in [5.74, 6) is 0.701. The maximum absolute atomic E-state index is 7.03. The van der Waals surface area contributed by atoms with E-state index in [0.29, 0.717) is 12.0 Å². The van der Waals surface area contributed by atoms with Crippen molar-refractivity contribution in [1.82, 2.24) is 0 Å². The minimum absolute atomic E-state index is 0.0352. The highest BCUT2D eigenvalue weighted by Crippen LogP contribution is 2.38. The average Bonchev–Trinajstić information content (AvgIpc) is 2.76. The smallest absolute Gasteiger partial charge is 0.261 e. The van der Waals surface area contributed by atoms with Crippen LogP contribution in [-0.4, -0.2) is 33.9 Å². The molecule has 2 aromatic carbocycles. The molecule has 4 rings (SSSR count). The first-order valence-electron chi connectivity index (χ1n) is 12.0. The van der Waals surface area contributed by atoms with Gasteiger partial charge in [0.1, 0.15) is 0 Å². The summed E-state index contributed by atoms with van der Waals surface area (Å²) in [6, 6.07) is 21.9. The van der Waals surface area contributed by atoms with E-state index in [1.165, 1.54) is 23.2 Å². The van der Waals surface area contributed by atoms with E-state index in [1.54, 1.807) is 0 Å². The molecular weight excluding hydrogens is 400 g/mol. The lowest BCUT2D eigenvalue weighted by Crippen LogP contribution is -2.66. The van der Waals surface area contributed by atoms with E-state index in [9.17, 15) is 0 Å². The zero-order chi connectivity index (χ0) is 21.7. The molecule has 2 aliphatic rings. The molecule has 2 aromatic rings. The number of benzene rings is 2. The second kappa shape index (κ2) is 9.99. The topological polar surface area (TPSA) is 27.7 Å². The first-order valence-corrected chi connectivity index (χ1v) is 13.9. The Bertz CT molecular complexity index is 751. The van der Waals surface area contributed by atoms with Gasteiger partial charge in [-0.1, -0.05) is 81.4 Å². The predicted molar refractivity (Wildman–Crippen MR) is 129 cm³/mol. The van der Waals surface area contributed by atoms with Crippen molar-refractivity contribution in [3.63, 3.8) is 0 Å². The van der Waals surface area contributed by atoms with Crippen LogP contribution in [-0.2, 0) is 13.9 Å². The van der Waals surface area contributed by atoms with E-state index in [2.05, 4.69) is 81.4 Å². The lowest BCUT2D eigenvalue weighted by Gasteiger charge is -2.44. The first-order chi connectivity index (χ1) is 15.0. The summed E-state index contributed by atoms with van der Waals surface area (Å²) in [5, 5.41) is 2.76. The molecule has 0 amide bonds. The van der Waals surface area contributed by atoms with Crippen LogP contribution in [0.25, 0.3) is 0 Å². The Balaban J connectivity index is 1.41. The molecule has 2 fully saturated rings. The second-order valence-electron chi connectivity index (χ2n) is 10.2. The Morgan fingerprint density at radius 2 is 1.52 bits per heavy atom. The zero-order valence-corrected chi connectivity index (χ0v) is 20.4. The third-order valence-corrected chi connectivity index (χ3v) is 12.0. The van der Waals surface area contributed by atoms with Gasteiger partial charge in [-0.2, -0.15) is 0 Å². The van der Waals surface area contributed by atoms with Crippen LogP contribution >= 0.6 is 0 Å². The summed E-state index contributed by atoms with van der Waals surface area (Å²) >= 11 is 0. The largest absolute Gasteiger partial charge is 0.407 e. The van der Waals surface area contributed by atoms with E-state index < -0.39 is 8.32 Å². The lowest BCUT2D eigenvalue weighted by molar-refractivity contribution is -0.210. The maximum Gasteiger partial charge on any atom is 0.261 e. The molecule has 1 atom stereocenters. The fraction of sp³-hybridized carbons (Fsp3) is 0.556. The van der Waals surface area contributed by atoms with E-state index in [-0.39, 0.29) is 11.3 Å². The molecule has 0 radical (unpaired) electrons. The summed E-state index contributed by atoms with van der Waals surface area (Å²) < 4.78 is 18.9. The molecule has 31 heavy (non-hydrogen) atoms. The summed E-state index contributed by atoms with van der Waals surface area (Å²) in [6.07, 6.45) is 7.26. The van der Waals surface area contributed by atoms with Crippen molar-refractivity contribution in [2.45, 2.75) is 76.7 Å². The summed E-state index contributed by atoms with van der Waals surface area (Å²) in [5.41, 5.74) is 0. The molecule has 4 heteroatoms. The maximum atomic E-state index is 7.03. The minimum Gasteiger partial charge on any atom is -0.407 e. The van der Waals surface area contributed by atoms with Gasteiger partial charge in [0.05, 0.1) is 6.10 Å². The van der Waals surface area contributed by atoms with E-state index in [4.69, 9.17) is 13.9 Å². The third kappa shape index (κ3) is 5.14. The highest BCUT2D eigenvalue weighted by atomic mass is 28.4. The van der Waals surface area contributed by atoms with Crippen LogP contribution in [0.3, 0.4) is 0 Å². The normalized spacial score (nSPS) is 24.5. The number of rotatable bonds is 8. The summed E-state index contributed by atoms with van der Waals surface area (Å²) in [6.45, 7) is 8.70. The van der Waals surface area contributed by atoms with Gasteiger partial charge >= 0.3 is 0 Å². The molecule has 0 aromatic heterocycles. The van der Waals surface area contributed by atoms with Gasteiger partial charge in [0, 0.05) is 13.2 Å². The summed E-state index contributed by atoms with van der Waals surface area (Å²) in [4.78, 5) is 0. The molecule has 1 saturated heterocycles. The van der Waals surface area contributed by atoms with Crippen molar-refractivity contribution in [2.75, 3.05) is 13.2 Å². The molecular formula is C27H38O3Si. The second-order valence-corrected chi connectivity index (χ2v) is 14.5. The molecule has 1 aliphatic carbocycles.